The summed E-state index contributed by atoms with van der Waals surface area (Å²) >= 11 is 7.12. The lowest BCUT2D eigenvalue weighted by atomic mass is 9.96. The number of nitrogens with zero attached hydrogens (tertiary/aromatic N) is 3. The first-order chi connectivity index (χ1) is 16.0. The predicted molar refractivity (Wildman–Crippen MR) is 136 cm³/mol. The molecule has 7 nitrogen and oxygen atoms in total. The zero-order chi connectivity index (χ0) is 23.2. The number of anilines is 2. The number of thiocarbonyl (C=S) groups is 1. The summed E-state index contributed by atoms with van der Waals surface area (Å²) in [6, 6.07) is 8.32. The maximum absolute atomic E-state index is 12.8. The molecule has 0 amide bonds. The lowest BCUT2D eigenvalue weighted by Crippen LogP contribution is -2.21. The number of hydrogen-bond donors (Lipinski definition) is 2. The third kappa shape index (κ3) is 5.97. The first-order valence-corrected chi connectivity index (χ1v) is 12.6. The standard InChI is InChI=1S/C24H29N5O2S2/c1-3-31-22(30)20-18-8-6-4-5-7-9-19(18)33-21(20)26-24(32)27-23-25-15-29(28-23)14-17-12-10-16(2)11-13-17/h10-13,15H,3-9,14H2,1-2H3,(H2,26,27,28,32). The monoisotopic (exact) mass is 483 g/mol. The van der Waals surface area contributed by atoms with Crippen LogP contribution >= 0.6 is 23.6 Å². The van der Waals surface area contributed by atoms with Gasteiger partial charge in [0, 0.05) is 4.88 Å². The quantitative estimate of drug-likeness (QED) is 0.362. The van der Waals surface area contributed by atoms with E-state index in [2.05, 4.69) is 51.9 Å². The molecule has 33 heavy (non-hydrogen) atoms. The summed E-state index contributed by atoms with van der Waals surface area (Å²) in [6.07, 6.45) is 8.20. The van der Waals surface area contributed by atoms with Crippen LogP contribution in [0.15, 0.2) is 30.6 Å². The molecule has 2 heterocycles. The molecule has 0 bridgehead atoms. The van der Waals surface area contributed by atoms with Crippen LogP contribution in [0.4, 0.5) is 10.9 Å². The molecule has 2 aromatic heterocycles. The fourth-order valence-electron chi connectivity index (χ4n) is 3.97. The van der Waals surface area contributed by atoms with Crippen molar-refractivity contribution < 1.29 is 9.53 Å². The first kappa shape index (κ1) is 23.4. The predicted octanol–water partition coefficient (Wildman–Crippen LogP) is 5.34. The van der Waals surface area contributed by atoms with Crippen molar-refractivity contribution >= 4 is 45.6 Å². The van der Waals surface area contributed by atoms with Crippen molar-refractivity contribution in [2.45, 2.75) is 58.9 Å². The second-order valence-electron chi connectivity index (χ2n) is 8.17. The van der Waals surface area contributed by atoms with Gasteiger partial charge in [-0.2, -0.15) is 0 Å². The lowest BCUT2D eigenvalue weighted by molar-refractivity contribution is 0.0526. The van der Waals surface area contributed by atoms with Crippen LogP contribution < -0.4 is 10.6 Å². The number of rotatable bonds is 6. The number of carbonyl (C=O) groups excluding carboxylic acids is 1. The average Bonchev–Trinajstić information content (AvgIpc) is 3.33. The summed E-state index contributed by atoms with van der Waals surface area (Å²) < 4.78 is 7.13. The molecule has 4 rings (SSSR count). The molecule has 3 aromatic rings. The zero-order valence-corrected chi connectivity index (χ0v) is 20.7. The van der Waals surface area contributed by atoms with Crippen molar-refractivity contribution in [3.05, 3.63) is 57.7 Å². The van der Waals surface area contributed by atoms with Crippen LogP contribution in [0.2, 0.25) is 0 Å². The number of carbonyl (C=O) groups is 1. The summed E-state index contributed by atoms with van der Waals surface area (Å²) in [4.78, 5) is 18.4. The van der Waals surface area contributed by atoms with Crippen LogP contribution in [0.1, 0.15) is 64.5 Å². The highest BCUT2D eigenvalue weighted by Crippen LogP contribution is 2.37. The van der Waals surface area contributed by atoms with E-state index in [1.807, 2.05) is 6.92 Å². The zero-order valence-electron chi connectivity index (χ0n) is 19.0. The minimum Gasteiger partial charge on any atom is -0.462 e. The largest absolute Gasteiger partial charge is 0.462 e. The molecule has 2 N–H and O–H groups in total. The number of nitrogens with one attached hydrogen (secondary N) is 2. The van der Waals surface area contributed by atoms with Crippen LogP contribution in [0.25, 0.3) is 0 Å². The van der Waals surface area contributed by atoms with Gasteiger partial charge in [0.25, 0.3) is 0 Å². The van der Waals surface area contributed by atoms with Gasteiger partial charge in [-0.25, -0.2) is 14.5 Å². The highest BCUT2D eigenvalue weighted by Gasteiger charge is 2.25. The molecular weight excluding hydrogens is 454 g/mol. The Labute approximate surface area is 203 Å². The number of esters is 1. The van der Waals surface area contributed by atoms with Gasteiger partial charge in [0.1, 0.15) is 11.3 Å². The van der Waals surface area contributed by atoms with E-state index in [1.165, 1.54) is 23.3 Å². The molecule has 0 fully saturated rings. The highest BCUT2D eigenvalue weighted by atomic mass is 32.1. The van der Waals surface area contributed by atoms with E-state index in [-0.39, 0.29) is 5.97 Å². The van der Waals surface area contributed by atoms with Crippen molar-refractivity contribution in [3.8, 4) is 0 Å². The van der Waals surface area contributed by atoms with Gasteiger partial charge in [-0.3, -0.25) is 5.32 Å². The Morgan fingerprint density at radius 3 is 2.67 bits per heavy atom. The SMILES string of the molecule is CCOC(=O)c1c(NC(=S)Nc2ncn(Cc3ccc(C)cc3)n2)sc2c1CCCCCC2. The fraction of sp³-hybridized carbons (Fsp3) is 0.417. The Hall–Kier alpha value is -2.78. The number of aromatic nitrogens is 3. The molecule has 0 spiro atoms. The van der Waals surface area contributed by atoms with Crippen molar-refractivity contribution in [1.82, 2.24) is 14.8 Å². The van der Waals surface area contributed by atoms with Gasteiger partial charge < -0.3 is 10.1 Å². The van der Waals surface area contributed by atoms with Gasteiger partial charge in [-0.05, 0) is 62.9 Å². The van der Waals surface area contributed by atoms with Gasteiger partial charge in [0.05, 0.1) is 18.7 Å². The number of fused-ring (bicyclic) bond motifs is 1. The van der Waals surface area contributed by atoms with Crippen molar-refractivity contribution in [3.63, 3.8) is 0 Å². The molecule has 9 heteroatoms. The van der Waals surface area contributed by atoms with Gasteiger partial charge in [-0.1, -0.05) is 42.7 Å². The third-order valence-electron chi connectivity index (χ3n) is 5.60. The maximum Gasteiger partial charge on any atom is 0.341 e. The van der Waals surface area contributed by atoms with Crippen LogP contribution in [0.5, 0.6) is 0 Å². The molecule has 0 saturated heterocycles. The lowest BCUT2D eigenvalue weighted by Gasteiger charge is -2.12. The Kier molecular flexibility index (Phi) is 7.72. The van der Waals surface area contributed by atoms with E-state index in [4.69, 9.17) is 17.0 Å². The molecular formula is C24H29N5O2S2. The Bertz CT molecular complexity index is 1120. The van der Waals surface area contributed by atoms with Crippen LogP contribution in [0, 0.1) is 6.92 Å². The Balaban J connectivity index is 1.47. The maximum atomic E-state index is 12.8. The summed E-state index contributed by atoms with van der Waals surface area (Å²) in [7, 11) is 0. The summed E-state index contributed by atoms with van der Waals surface area (Å²) in [5.41, 5.74) is 4.11. The van der Waals surface area contributed by atoms with Gasteiger partial charge in [0.15, 0.2) is 5.11 Å². The molecule has 174 valence electrons. The summed E-state index contributed by atoms with van der Waals surface area (Å²) in [5.74, 6) is 0.119. The third-order valence-corrected chi connectivity index (χ3v) is 7.02. The molecule has 0 saturated carbocycles. The first-order valence-electron chi connectivity index (χ1n) is 11.4. The molecule has 0 radical (unpaired) electrons. The van der Waals surface area contributed by atoms with E-state index in [0.717, 1.165) is 41.8 Å². The number of ether oxygens (including phenoxy) is 1. The van der Waals surface area contributed by atoms with E-state index >= 15 is 0 Å². The second kappa shape index (κ2) is 10.9. The number of hydrogen-bond acceptors (Lipinski definition) is 6. The Morgan fingerprint density at radius 2 is 1.91 bits per heavy atom. The van der Waals surface area contributed by atoms with Gasteiger partial charge >= 0.3 is 5.97 Å². The highest BCUT2D eigenvalue weighted by molar-refractivity contribution is 7.80. The van der Waals surface area contributed by atoms with E-state index in [1.54, 1.807) is 22.3 Å². The molecule has 0 unspecified atom stereocenters. The normalized spacial score (nSPS) is 13.5. The van der Waals surface area contributed by atoms with Gasteiger partial charge in [0.2, 0.25) is 5.95 Å². The van der Waals surface area contributed by atoms with Crippen molar-refractivity contribution in [2.24, 2.45) is 0 Å². The topological polar surface area (TPSA) is 81.1 Å². The second-order valence-corrected chi connectivity index (χ2v) is 9.69. The van der Waals surface area contributed by atoms with Crippen LogP contribution in [-0.2, 0) is 24.1 Å². The van der Waals surface area contributed by atoms with E-state index < -0.39 is 0 Å². The summed E-state index contributed by atoms with van der Waals surface area (Å²) in [5, 5.41) is 11.8. The Morgan fingerprint density at radius 1 is 1.15 bits per heavy atom. The van der Waals surface area contributed by atoms with Crippen LogP contribution in [0.3, 0.4) is 0 Å². The number of aryl methyl sites for hydroxylation is 2. The van der Waals surface area contributed by atoms with E-state index in [9.17, 15) is 4.79 Å². The number of benzene rings is 1. The van der Waals surface area contributed by atoms with Crippen molar-refractivity contribution in [1.29, 1.82) is 0 Å². The minimum atomic E-state index is -0.290. The molecule has 0 aliphatic heterocycles. The molecule has 1 aromatic carbocycles. The smallest absolute Gasteiger partial charge is 0.341 e. The molecule has 1 aliphatic rings. The molecule has 0 atom stereocenters. The van der Waals surface area contributed by atoms with Gasteiger partial charge in [-0.15, -0.1) is 16.4 Å². The molecule has 1 aliphatic carbocycles. The fourth-order valence-corrected chi connectivity index (χ4v) is 5.51. The average molecular weight is 484 g/mol. The van der Waals surface area contributed by atoms with Crippen LogP contribution in [-0.4, -0.2) is 32.5 Å². The minimum absolute atomic E-state index is 0.290. The van der Waals surface area contributed by atoms with E-state index in [0.29, 0.717) is 29.8 Å². The number of thiophene rings is 1. The van der Waals surface area contributed by atoms with Crippen molar-refractivity contribution in [2.75, 3.05) is 17.2 Å². The summed E-state index contributed by atoms with van der Waals surface area (Å²) in [6.45, 7) is 4.86.